The normalized spacial score (nSPS) is 15.0. The fraction of sp³-hybridized carbons (Fsp3) is 0.381. The summed E-state index contributed by atoms with van der Waals surface area (Å²) in [7, 11) is 0. The van der Waals surface area contributed by atoms with E-state index in [1.54, 1.807) is 19.1 Å². The Morgan fingerprint density at radius 3 is 2.69 bits per heavy atom. The van der Waals surface area contributed by atoms with E-state index in [1.165, 1.54) is 30.6 Å². The molecule has 0 radical (unpaired) electrons. The molecule has 1 saturated heterocycles. The molecule has 0 atom stereocenters. The fourth-order valence-corrected chi connectivity index (χ4v) is 4.92. The molecule has 0 saturated carbocycles. The third-order valence-electron chi connectivity index (χ3n) is 5.24. The summed E-state index contributed by atoms with van der Waals surface area (Å²) in [4.78, 5) is 36.4. The number of nitrogens with zero attached hydrogens (tertiary/aromatic N) is 2. The van der Waals surface area contributed by atoms with E-state index in [-0.39, 0.29) is 11.5 Å². The van der Waals surface area contributed by atoms with Crippen LogP contribution in [-0.4, -0.2) is 33.9 Å². The number of fused-ring (bicyclic) bond motifs is 1. The highest BCUT2D eigenvalue weighted by Crippen LogP contribution is 2.27. The maximum Gasteiger partial charge on any atom is 0.261 e. The topological polar surface area (TPSA) is 78.1 Å². The SMILES string of the molecule is Cc1c(C(=O)NCc2ccc(Cl)cc2)sc2nc(CN3CCCCC3)[nH]c(=O)c12. The molecule has 1 amide bonds. The van der Waals surface area contributed by atoms with Crippen LogP contribution in [0.15, 0.2) is 29.1 Å². The Morgan fingerprint density at radius 1 is 1.24 bits per heavy atom. The van der Waals surface area contributed by atoms with Crippen molar-refractivity contribution in [2.75, 3.05) is 13.1 Å². The zero-order valence-corrected chi connectivity index (χ0v) is 17.8. The number of nitrogens with one attached hydrogen (secondary N) is 2. The van der Waals surface area contributed by atoms with Crippen LogP contribution in [0.25, 0.3) is 10.2 Å². The van der Waals surface area contributed by atoms with E-state index >= 15 is 0 Å². The lowest BCUT2D eigenvalue weighted by molar-refractivity contribution is 0.0954. The minimum atomic E-state index is -0.197. The molecule has 2 N–H and O–H groups in total. The molecule has 1 aliphatic heterocycles. The van der Waals surface area contributed by atoms with Crippen molar-refractivity contribution < 1.29 is 4.79 Å². The monoisotopic (exact) mass is 430 g/mol. The number of aryl methyl sites for hydroxylation is 1. The Kier molecular flexibility index (Phi) is 5.99. The van der Waals surface area contributed by atoms with Gasteiger partial charge in [-0.25, -0.2) is 4.98 Å². The number of rotatable bonds is 5. The third-order valence-corrected chi connectivity index (χ3v) is 6.68. The van der Waals surface area contributed by atoms with Crippen LogP contribution in [0.5, 0.6) is 0 Å². The summed E-state index contributed by atoms with van der Waals surface area (Å²) < 4.78 is 0. The largest absolute Gasteiger partial charge is 0.347 e. The molecule has 0 spiro atoms. The number of piperidine rings is 1. The van der Waals surface area contributed by atoms with Crippen LogP contribution in [-0.2, 0) is 13.1 Å². The number of hydrogen-bond acceptors (Lipinski definition) is 5. The molecule has 1 aliphatic rings. The van der Waals surface area contributed by atoms with Gasteiger partial charge in [0, 0.05) is 11.6 Å². The van der Waals surface area contributed by atoms with Crippen molar-refractivity contribution >= 4 is 39.1 Å². The molecule has 6 nitrogen and oxygen atoms in total. The first-order valence-corrected chi connectivity index (χ1v) is 11.0. The van der Waals surface area contributed by atoms with Crippen LogP contribution in [0.2, 0.25) is 5.02 Å². The van der Waals surface area contributed by atoms with Crippen LogP contribution in [0.1, 0.15) is 45.9 Å². The molecule has 0 unspecified atom stereocenters. The van der Waals surface area contributed by atoms with Gasteiger partial charge in [0.2, 0.25) is 0 Å². The number of benzene rings is 1. The van der Waals surface area contributed by atoms with Crippen molar-refractivity contribution in [2.24, 2.45) is 0 Å². The molecule has 1 aromatic carbocycles. The number of hydrogen-bond donors (Lipinski definition) is 2. The van der Waals surface area contributed by atoms with Gasteiger partial charge in [0.1, 0.15) is 10.7 Å². The van der Waals surface area contributed by atoms with E-state index in [1.807, 2.05) is 12.1 Å². The first-order chi connectivity index (χ1) is 14.0. The predicted molar refractivity (Wildman–Crippen MR) is 117 cm³/mol. The maximum atomic E-state index is 12.7. The van der Waals surface area contributed by atoms with Gasteiger partial charge in [-0.3, -0.25) is 14.5 Å². The Balaban J connectivity index is 1.54. The van der Waals surface area contributed by atoms with E-state index in [2.05, 4.69) is 20.2 Å². The number of aromatic nitrogens is 2. The molecule has 3 heterocycles. The number of carbonyl (C=O) groups excluding carboxylic acids is 1. The van der Waals surface area contributed by atoms with Gasteiger partial charge in [0.05, 0.1) is 16.8 Å². The van der Waals surface area contributed by atoms with E-state index in [0.717, 1.165) is 18.7 Å². The van der Waals surface area contributed by atoms with Crippen molar-refractivity contribution in [3.8, 4) is 0 Å². The van der Waals surface area contributed by atoms with Crippen LogP contribution in [0.3, 0.4) is 0 Å². The number of thiophene rings is 1. The van der Waals surface area contributed by atoms with Crippen LogP contribution >= 0.6 is 22.9 Å². The van der Waals surface area contributed by atoms with Crippen LogP contribution in [0.4, 0.5) is 0 Å². The van der Waals surface area contributed by atoms with Crippen molar-refractivity contribution in [1.29, 1.82) is 0 Å². The minimum absolute atomic E-state index is 0.174. The van der Waals surface area contributed by atoms with Gasteiger partial charge in [-0.05, 0) is 56.1 Å². The molecule has 8 heteroatoms. The number of H-pyrrole nitrogens is 1. The highest BCUT2D eigenvalue weighted by Gasteiger charge is 2.20. The maximum absolute atomic E-state index is 12.7. The summed E-state index contributed by atoms with van der Waals surface area (Å²) >= 11 is 7.17. The molecule has 3 aromatic rings. The van der Waals surface area contributed by atoms with Crippen LogP contribution < -0.4 is 10.9 Å². The Labute approximate surface area is 177 Å². The van der Waals surface area contributed by atoms with Crippen molar-refractivity contribution in [3.63, 3.8) is 0 Å². The number of carbonyl (C=O) groups is 1. The van der Waals surface area contributed by atoms with Gasteiger partial charge in [0.15, 0.2) is 0 Å². The second-order valence-electron chi connectivity index (χ2n) is 7.39. The Morgan fingerprint density at radius 2 is 1.97 bits per heavy atom. The van der Waals surface area contributed by atoms with E-state index in [4.69, 9.17) is 11.6 Å². The van der Waals surface area contributed by atoms with Gasteiger partial charge in [-0.2, -0.15) is 0 Å². The minimum Gasteiger partial charge on any atom is -0.347 e. The van der Waals surface area contributed by atoms with Gasteiger partial charge < -0.3 is 10.3 Å². The molecule has 1 fully saturated rings. The molecule has 29 heavy (non-hydrogen) atoms. The molecule has 0 bridgehead atoms. The lowest BCUT2D eigenvalue weighted by Crippen LogP contribution is -2.30. The fourth-order valence-electron chi connectivity index (χ4n) is 3.67. The quantitative estimate of drug-likeness (QED) is 0.644. The van der Waals surface area contributed by atoms with Crippen molar-refractivity contribution in [2.45, 2.75) is 39.3 Å². The third kappa shape index (κ3) is 4.52. The van der Waals surface area contributed by atoms with Crippen molar-refractivity contribution in [3.05, 3.63) is 61.5 Å². The molecular weight excluding hydrogens is 408 g/mol. The van der Waals surface area contributed by atoms with Gasteiger partial charge in [-0.15, -0.1) is 11.3 Å². The number of aromatic amines is 1. The summed E-state index contributed by atoms with van der Waals surface area (Å²) in [5.41, 5.74) is 1.46. The number of halogens is 1. The molecule has 152 valence electrons. The lowest BCUT2D eigenvalue weighted by Gasteiger charge is -2.25. The highest BCUT2D eigenvalue weighted by atomic mass is 35.5. The van der Waals surface area contributed by atoms with Gasteiger partial charge >= 0.3 is 0 Å². The first-order valence-electron chi connectivity index (χ1n) is 9.78. The van der Waals surface area contributed by atoms with E-state index < -0.39 is 0 Å². The summed E-state index contributed by atoms with van der Waals surface area (Å²) in [5.74, 6) is 0.469. The average molecular weight is 431 g/mol. The number of likely N-dealkylation sites (tertiary alicyclic amines) is 1. The van der Waals surface area contributed by atoms with Gasteiger partial charge in [-0.1, -0.05) is 30.2 Å². The standard InChI is InChI=1S/C21H23ClN4O2S/c1-13-17-19(27)24-16(12-26-9-3-2-4-10-26)25-21(17)29-18(13)20(28)23-11-14-5-7-15(22)8-6-14/h5-8H,2-4,9-12H2,1H3,(H,23,28)(H,24,25,27). The summed E-state index contributed by atoms with van der Waals surface area (Å²) in [6.07, 6.45) is 3.63. The summed E-state index contributed by atoms with van der Waals surface area (Å²) in [6.45, 7) is 4.90. The highest BCUT2D eigenvalue weighted by molar-refractivity contribution is 7.20. The molecule has 4 rings (SSSR count). The second-order valence-corrected chi connectivity index (χ2v) is 8.83. The predicted octanol–water partition coefficient (Wildman–Crippen LogP) is 3.86. The van der Waals surface area contributed by atoms with E-state index in [0.29, 0.717) is 44.6 Å². The average Bonchev–Trinajstić information content (AvgIpc) is 3.05. The van der Waals surface area contributed by atoms with Gasteiger partial charge in [0.25, 0.3) is 11.5 Å². The Bertz CT molecular complexity index is 1080. The Hall–Kier alpha value is -2.22. The molecule has 0 aliphatic carbocycles. The lowest BCUT2D eigenvalue weighted by atomic mass is 10.1. The second kappa shape index (κ2) is 8.65. The zero-order valence-electron chi connectivity index (χ0n) is 16.3. The zero-order chi connectivity index (χ0) is 20.4. The van der Waals surface area contributed by atoms with Crippen molar-refractivity contribution in [1.82, 2.24) is 20.2 Å². The van der Waals surface area contributed by atoms with E-state index in [9.17, 15) is 9.59 Å². The van der Waals surface area contributed by atoms with Crippen LogP contribution in [0, 0.1) is 6.92 Å². The summed E-state index contributed by atoms with van der Waals surface area (Å²) in [6, 6.07) is 7.33. The molecule has 2 aromatic heterocycles. The summed E-state index contributed by atoms with van der Waals surface area (Å²) in [5, 5.41) is 4.08. The molecular formula is C21H23ClN4O2S. The first kappa shape index (κ1) is 20.1. The number of amides is 1. The smallest absolute Gasteiger partial charge is 0.261 e.